The minimum atomic E-state index is -0.106. The standard InChI is InChI=1S/C22H22O4/c1-23-18-7-6-14-10-17(5-4-15(14)11-18)22-19-13-21(25-3)20(24-2)12-16(19)8-9-26-22/h4-7,10-13,22H,8-9H2,1-3H3. The van der Waals surface area contributed by atoms with Crippen LogP contribution in [-0.2, 0) is 11.2 Å². The van der Waals surface area contributed by atoms with Gasteiger partial charge >= 0.3 is 0 Å². The molecule has 1 atom stereocenters. The lowest BCUT2D eigenvalue weighted by atomic mass is 9.91. The Morgan fingerprint density at radius 2 is 1.54 bits per heavy atom. The highest BCUT2D eigenvalue weighted by Gasteiger charge is 2.25. The second kappa shape index (κ2) is 6.89. The molecule has 4 nitrogen and oxygen atoms in total. The number of benzene rings is 3. The summed E-state index contributed by atoms with van der Waals surface area (Å²) in [5, 5.41) is 2.32. The van der Waals surface area contributed by atoms with E-state index in [0.29, 0.717) is 6.61 Å². The first-order valence-corrected chi connectivity index (χ1v) is 8.67. The average Bonchev–Trinajstić information content (AvgIpc) is 2.71. The molecule has 0 bridgehead atoms. The molecule has 4 rings (SSSR count). The highest BCUT2D eigenvalue weighted by molar-refractivity contribution is 5.84. The van der Waals surface area contributed by atoms with Crippen molar-refractivity contribution in [2.45, 2.75) is 12.5 Å². The highest BCUT2D eigenvalue weighted by atomic mass is 16.5. The predicted molar refractivity (Wildman–Crippen MR) is 102 cm³/mol. The topological polar surface area (TPSA) is 36.9 Å². The molecule has 0 radical (unpaired) electrons. The van der Waals surface area contributed by atoms with Crippen molar-refractivity contribution in [1.29, 1.82) is 0 Å². The molecule has 3 aromatic carbocycles. The molecule has 0 spiro atoms. The van der Waals surface area contributed by atoms with Crippen LogP contribution in [0.4, 0.5) is 0 Å². The van der Waals surface area contributed by atoms with Crippen molar-refractivity contribution in [3.63, 3.8) is 0 Å². The van der Waals surface area contributed by atoms with Crippen LogP contribution in [0.5, 0.6) is 17.2 Å². The largest absolute Gasteiger partial charge is 0.497 e. The Morgan fingerprint density at radius 1 is 0.808 bits per heavy atom. The Bertz CT molecular complexity index is 948. The molecule has 1 aliphatic rings. The second-order valence-corrected chi connectivity index (χ2v) is 6.38. The molecule has 26 heavy (non-hydrogen) atoms. The van der Waals surface area contributed by atoms with Crippen molar-refractivity contribution in [2.24, 2.45) is 0 Å². The molecule has 0 saturated heterocycles. The molecule has 1 unspecified atom stereocenters. The first kappa shape index (κ1) is 16.7. The highest BCUT2D eigenvalue weighted by Crippen LogP contribution is 2.40. The van der Waals surface area contributed by atoms with Crippen molar-refractivity contribution in [2.75, 3.05) is 27.9 Å². The number of fused-ring (bicyclic) bond motifs is 2. The van der Waals surface area contributed by atoms with Gasteiger partial charge in [0.15, 0.2) is 11.5 Å². The van der Waals surface area contributed by atoms with Crippen LogP contribution < -0.4 is 14.2 Å². The maximum atomic E-state index is 6.14. The Hall–Kier alpha value is -2.72. The monoisotopic (exact) mass is 350 g/mol. The molecule has 0 fully saturated rings. The van der Waals surface area contributed by atoms with Crippen molar-refractivity contribution >= 4 is 10.8 Å². The summed E-state index contributed by atoms with van der Waals surface area (Å²) < 4.78 is 22.4. The van der Waals surface area contributed by atoms with Gasteiger partial charge in [-0.1, -0.05) is 18.2 Å². The third-order valence-electron chi connectivity index (χ3n) is 4.96. The minimum Gasteiger partial charge on any atom is -0.497 e. The summed E-state index contributed by atoms with van der Waals surface area (Å²) in [4.78, 5) is 0. The first-order chi connectivity index (χ1) is 12.7. The summed E-state index contributed by atoms with van der Waals surface area (Å²) in [7, 11) is 5.01. The van der Waals surface area contributed by atoms with Gasteiger partial charge in [0.25, 0.3) is 0 Å². The van der Waals surface area contributed by atoms with Gasteiger partial charge in [0.05, 0.1) is 27.9 Å². The Morgan fingerprint density at radius 3 is 2.31 bits per heavy atom. The minimum absolute atomic E-state index is 0.106. The van der Waals surface area contributed by atoms with Crippen LogP contribution in [0.25, 0.3) is 10.8 Å². The molecule has 0 amide bonds. The van der Waals surface area contributed by atoms with Crippen molar-refractivity contribution in [1.82, 2.24) is 0 Å². The van der Waals surface area contributed by atoms with Crippen molar-refractivity contribution < 1.29 is 18.9 Å². The van der Waals surface area contributed by atoms with Gasteiger partial charge in [-0.3, -0.25) is 0 Å². The molecule has 1 aliphatic heterocycles. The number of methoxy groups -OCH3 is 3. The second-order valence-electron chi connectivity index (χ2n) is 6.38. The van der Waals surface area contributed by atoms with Crippen molar-refractivity contribution in [3.8, 4) is 17.2 Å². The van der Waals surface area contributed by atoms with E-state index in [1.165, 1.54) is 10.9 Å². The van der Waals surface area contributed by atoms with E-state index in [-0.39, 0.29) is 6.10 Å². The van der Waals surface area contributed by atoms with Gasteiger partial charge in [-0.2, -0.15) is 0 Å². The molecule has 3 aromatic rings. The van der Waals surface area contributed by atoms with Gasteiger partial charge in [0, 0.05) is 0 Å². The van der Waals surface area contributed by atoms with E-state index in [1.54, 1.807) is 21.3 Å². The number of hydrogen-bond donors (Lipinski definition) is 0. The van der Waals surface area contributed by atoms with Crippen LogP contribution in [0.1, 0.15) is 22.8 Å². The van der Waals surface area contributed by atoms with Gasteiger partial charge in [-0.05, 0) is 64.2 Å². The summed E-state index contributed by atoms with van der Waals surface area (Å²) in [5.74, 6) is 2.35. The fourth-order valence-corrected chi connectivity index (χ4v) is 3.58. The average molecular weight is 350 g/mol. The van der Waals surface area contributed by atoms with E-state index in [1.807, 2.05) is 18.2 Å². The molecular weight excluding hydrogens is 328 g/mol. The van der Waals surface area contributed by atoms with E-state index in [0.717, 1.165) is 40.2 Å². The maximum absolute atomic E-state index is 6.14. The van der Waals surface area contributed by atoms with Crippen LogP contribution in [0.3, 0.4) is 0 Å². The van der Waals surface area contributed by atoms with Crippen LogP contribution in [0.2, 0.25) is 0 Å². The quantitative estimate of drug-likeness (QED) is 0.693. The zero-order chi connectivity index (χ0) is 18.1. The van der Waals surface area contributed by atoms with Crippen LogP contribution in [-0.4, -0.2) is 27.9 Å². The zero-order valence-corrected chi connectivity index (χ0v) is 15.2. The Balaban J connectivity index is 1.79. The third-order valence-corrected chi connectivity index (χ3v) is 4.96. The molecule has 0 N–H and O–H groups in total. The van der Waals surface area contributed by atoms with E-state index >= 15 is 0 Å². The Kier molecular flexibility index (Phi) is 4.43. The molecule has 1 heterocycles. The molecule has 0 aliphatic carbocycles. The summed E-state index contributed by atoms with van der Waals surface area (Å²) in [6.07, 6.45) is 0.766. The Labute approximate surface area is 153 Å². The number of ether oxygens (including phenoxy) is 4. The molecule has 4 heteroatoms. The first-order valence-electron chi connectivity index (χ1n) is 8.67. The van der Waals surface area contributed by atoms with E-state index in [2.05, 4.69) is 30.3 Å². The molecule has 0 aromatic heterocycles. The molecule has 134 valence electrons. The SMILES string of the molecule is COc1ccc2cc(C3OCCc4cc(OC)c(OC)cc43)ccc2c1. The summed E-state index contributed by atoms with van der Waals surface area (Å²) in [6, 6.07) is 16.6. The fourth-order valence-electron chi connectivity index (χ4n) is 3.58. The lowest BCUT2D eigenvalue weighted by molar-refractivity contribution is 0.0696. The summed E-state index contributed by atoms with van der Waals surface area (Å²) in [6.45, 7) is 0.688. The van der Waals surface area contributed by atoms with Crippen LogP contribution in [0, 0.1) is 0 Å². The smallest absolute Gasteiger partial charge is 0.161 e. The zero-order valence-electron chi connectivity index (χ0n) is 15.2. The van der Waals surface area contributed by atoms with E-state index < -0.39 is 0 Å². The van der Waals surface area contributed by atoms with Crippen LogP contribution >= 0.6 is 0 Å². The summed E-state index contributed by atoms with van der Waals surface area (Å²) in [5.41, 5.74) is 3.52. The van der Waals surface area contributed by atoms with Gasteiger partial charge in [-0.25, -0.2) is 0 Å². The fraction of sp³-hybridized carbons (Fsp3) is 0.273. The maximum Gasteiger partial charge on any atom is 0.161 e. The van der Waals surface area contributed by atoms with Gasteiger partial charge in [-0.15, -0.1) is 0 Å². The van der Waals surface area contributed by atoms with Gasteiger partial charge in [0.1, 0.15) is 11.9 Å². The molecule has 0 saturated carbocycles. The number of hydrogen-bond acceptors (Lipinski definition) is 4. The van der Waals surface area contributed by atoms with E-state index in [4.69, 9.17) is 18.9 Å². The van der Waals surface area contributed by atoms with Crippen LogP contribution in [0.15, 0.2) is 48.5 Å². The number of rotatable bonds is 4. The predicted octanol–water partition coefficient (Wildman–Crippen LogP) is 4.53. The third kappa shape index (κ3) is 2.86. The molecular formula is C22H22O4. The lowest BCUT2D eigenvalue weighted by Crippen LogP contribution is -2.17. The van der Waals surface area contributed by atoms with Gasteiger partial charge in [0.2, 0.25) is 0 Å². The van der Waals surface area contributed by atoms with E-state index in [9.17, 15) is 0 Å². The van der Waals surface area contributed by atoms with Gasteiger partial charge < -0.3 is 18.9 Å². The normalized spacial score (nSPS) is 16.2. The lowest BCUT2D eigenvalue weighted by Gasteiger charge is -2.28. The summed E-state index contributed by atoms with van der Waals surface area (Å²) >= 11 is 0. The van der Waals surface area contributed by atoms with Crippen molar-refractivity contribution in [3.05, 3.63) is 65.2 Å².